The van der Waals surface area contributed by atoms with Crippen LogP contribution in [0, 0.1) is 5.82 Å². The Kier molecular flexibility index (Phi) is 4.87. The second kappa shape index (κ2) is 7.71. The third-order valence-corrected chi connectivity index (χ3v) is 6.74. The zero-order chi connectivity index (χ0) is 21.5. The zero-order valence-corrected chi connectivity index (χ0v) is 17.6. The first-order valence-electron chi connectivity index (χ1n) is 10.1. The number of hydrogen-bond acceptors (Lipinski definition) is 4. The van der Waals surface area contributed by atoms with Gasteiger partial charge in [-0.15, -0.1) is 0 Å². The van der Waals surface area contributed by atoms with Crippen molar-refractivity contribution in [1.82, 2.24) is 0 Å². The number of thioether (sulfide) groups is 1. The first-order chi connectivity index (χ1) is 15.1. The molecular formula is C25H19FN2O2S. The van der Waals surface area contributed by atoms with E-state index in [1.165, 1.54) is 28.8 Å². The molecule has 0 bridgehead atoms. The number of fused-ring (bicyclic) bond motifs is 1. The number of benzene rings is 3. The van der Waals surface area contributed by atoms with Gasteiger partial charge in [0.25, 0.3) is 11.8 Å². The van der Waals surface area contributed by atoms with Crippen molar-refractivity contribution in [3.63, 3.8) is 0 Å². The van der Waals surface area contributed by atoms with Crippen LogP contribution in [0.1, 0.15) is 24.1 Å². The lowest BCUT2D eigenvalue weighted by Gasteiger charge is -2.22. The molecule has 0 radical (unpaired) electrons. The molecule has 1 N–H and O–H groups in total. The van der Waals surface area contributed by atoms with Gasteiger partial charge in [-0.2, -0.15) is 0 Å². The molecule has 0 unspecified atom stereocenters. The van der Waals surface area contributed by atoms with Crippen molar-refractivity contribution < 1.29 is 14.0 Å². The predicted octanol–water partition coefficient (Wildman–Crippen LogP) is 5.47. The molecule has 6 heteroatoms. The van der Waals surface area contributed by atoms with Crippen LogP contribution in [-0.4, -0.2) is 11.8 Å². The highest BCUT2D eigenvalue weighted by Gasteiger charge is 2.45. The molecule has 2 amide bonds. The number of amides is 2. The molecule has 0 saturated carbocycles. The molecule has 2 heterocycles. The predicted molar refractivity (Wildman–Crippen MR) is 120 cm³/mol. The first kappa shape index (κ1) is 19.6. The van der Waals surface area contributed by atoms with E-state index in [1.54, 1.807) is 24.3 Å². The van der Waals surface area contributed by atoms with Crippen molar-refractivity contribution in [2.45, 2.75) is 24.3 Å². The minimum absolute atomic E-state index is 0.333. The fourth-order valence-electron chi connectivity index (χ4n) is 3.91. The van der Waals surface area contributed by atoms with Crippen LogP contribution in [0.15, 0.2) is 88.2 Å². The molecule has 0 saturated heterocycles. The number of imide groups is 1. The van der Waals surface area contributed by atoms with Gasteiger partial charge < -0.3 is 5.32 Å². The molecule has 0 fully saturated rings. The summed E-state index contributed by atoms with van der Waals surface area (Å²) in [4.78, 5) is 29.5. The maximum atomic E-state index is 13.6. The standard InChI is InChI=1S/C25H19FN2O2S/c1-2-15-7-13-18(14-8-15)28-24(29)21-22(16-9-11-17(26)12-10-16)27-19-5-3-4-6-20(19)31-23(21)25(28)30/h3-14,22,27H,2H2,1H3/t22-/m1/s1. The molecule has 0 aromatic heterocycles. The highest BCUT2D eigenvalue weighted by atomic mass is 32.2. The number of carbonyl (C=O) groups excluding carboxylic acids is 2. The van der Waals surface area contributed by atoms with E-state index in [0.717, 1.165) is 28.1 Å². The Morgan fingerprint density at radius 2 is 1.65 bits per heavy atom. The summed E-state index contributed by atoms with van der Waals surface area (Å²) in [5.41, 5.74) is 3.61. The Labute approximate surface area is 183 Å². The van der Waals surface area contributed by atoms with E-state index in [0.29, 0.717) is 16.2 Å². The lowest BCUT2D eigenvalue weighted by molar-refractivity contribution is -0.120. The van der Waals surface area contributed by atoms with Crippen LogP contribution in [0.5, 0.6) is 0 Å². The van der Waals surface area contributed by atoms with Gasteiger partial charge >= 0.3 is 0 Å². The zero-order valence-electron chi connectivity index (χ0n) is 16.8. The smallest absolute Gasteiger partial charge is 0.272 e. The maximum absolute atomic E-state index is 13.6. The molecular weight excluding hydrogens is 411 g/mol. The Balaban J connectivity index is 1.63. The summed E-state index contributed by atoms with van der Waals surface area (Å²) in [6.45, 7) is 2.05. The SMILES string of the molecule is CCc1ccc(N2C(=O)C3=C(C2=O)[C@@H](c2ccc(F)cc2)Nc2ccccc2S3)cc1. The van der Waals surface area contributed by atoms with Crippen LogP contribution >= 0.6 is 11.8 Å². The third kappa shape index (κ3) is 3.33. The maximum Gasteiger partial charge on any atom is 0.272 e. The van der Waals surface area contributed by atoms with Gasteiger partial charge in [0.1, 0.15) is 5.82 Å². The average molecular weight is 431 g/mol. The molecule has 2 aliphatic heterocycles. The summed E-state index contributed by atoms with van der Waals surface area (Å²) < 4.78 is 13.6. The quantitative estimate of drug-likeness (QED) is 0.560. The highest BCUT2D eigenvalue weighted by molar-refractivity contribution is 8.04. The van der Waals surface area contributed by atoms with Gasteiger partial charge in [0, 0.05) is 10.6 Å². The van der Waals surface area contributed by atoms with Crippen molar-refractivity contribution in [3.8, 4) is 0 Å². The molecule has 154 valence electrons. The minimum Gasteiger partial charge on any atom is -0.373 e. The fourth-order valence-corrected chi connectivity index (χ4v) is 5.01. The molecule has 3 aromatic rings. The summed E-state index contributed by atoms with van der Waals surface area (Å²) in [7, 11) is 0. The molecule has 2 aliphatic rings. The van der Waals surface area contributed by atoms with Crippen molar-refractivity contribution in [2.75, 3.05) is 10.2 Å². The topological polar surface area (TPSA) is 49.4 Å². The number of carbonyl (C=O) groups is 2. The van der Waals surface area contributed by atoms with Crippen LogP contribution in [0.4, 0.5) is 15.8 Å². The number of nitrogens with zero attached hydrogens (tertiary/aromatic N) is 1. The van der Waals surface area contributed by atoms with E-state index in [4.69, 9.17) is 0 Å². The Hall–Kier alpha value is -3.38. The van der Waals surface area contributed by atoms with Gasteiger partial charge in [0.15, 0.2) is 0 Å². The van der Waals surface area contributed by atoms with E-state index in [1.807, 2.05) is 36.4 Å². The van der Waals surface area contributed by atoms with Gasteiger partial charge in [-0.1, -0.05) is 55.1 Å². The van der Waals surface area contributed by atoms with E-state index >= 15 is 0 Å². The number of rotatable bonds is 3. The summed E-state index contributed by atoms with van der Waals surface area (Å²) in [6.07, 6.45) is 0.875. The van der Waals surface area contributed by atoms with Crippen LogP contribution in [0.3, 0.4) is 0 Å². The Bertz CT molecular complexity index is 1220. The third-order valence-electron chi connectivity index (χ3n) is 5.57. The molecule has 1 atom stereocenters. The first-order valence-corrected chi connectivity index (χ1v) is 10.9. The van der Waals surface area contributed by atoms with E-state index in [-0.39, 0.29) is 17.6 Å². The number of aryl methyl sites for hydroxylation is 1. The van der Waals surface area contributed by atoms with Crippen LogP contribution < -0.4 is 10.2 Å². The number of para-hydroxylation sites is 1. The van der Waals surface area contributed by atoms with E-state index in [2.05, 4.69) is 12.2 Å². The number of nitrogens with one attached hydrogen (secondary N) is 1. The van der Waals surface area contributed by atoms with Crippen molar-refractivity contribution in [2.24, 2.45) is 0 Å². The highest BCUT2D eigenvalue weighted by Crippen LogP contribution is 2.48. The van der Waals surface area contributed by atoms with Gasteiger partial charge in [0.05, 0.1) is 22.2 Å². The largest absolute Gasteiger partial charge is 0.373 e. The van der Waals surface area contributed by atoms with Gasteiger partial charge in [-0.25, -0.2) is 9.29 Å². The monoisotopic (exact) mass is 430 g/mol. The molecule has 0 spiro atoms. The molecule has 0 aliphatic carbocycles. The molecule has 5 rings (SSSR count). The van der Waals surface area contributed by atoms with E-state index < -0.39 is 6.04 Å². The normalized spacial score (nSPS) is 17.9. The van der Waals surface area contributed by atoms with Crippen LogP contribution in [-0.2, 0) is 16.0 Å². The summed E-state index contributed by atoms with van der Waals surface area (Å²) in [5, 5.41) is 3.41. The van der Waals surface area contributed by atoms with Gasteiger partial charge in [-0.3, -0.25) is 9.59 Å². The van der Waals surface area contributed by atoms with E-state index in [9.17, 15) is 14.0 Å². The molecule has 3 aromatic carbocycles. The van der Waals surface area contributed by atoms with Crippen LogP contribution in [0.2, 0.25) is 0 Å². The van der Waals surface area contributed by atoms with Crippen molar-refractivity contribution >= 4 is 35.0 Å². The molecule has 31 heavy (non-hydrogen) atoms. The number of hydrogen-bond donors (Lipinski definition) is 1. The summed E-state index contributed by atoms with van der Waals surface area (Å²) in [5.74, 6) is -1.04. The lowest BCUT2D eigenvalue weighted by Crippen LogP contribution is -2.33. The second-order valence-electron chi connectivity index (χ2n) is 7.44. The Morgan fingerprint density at radius 1 is 0.935 bits per heavy atom. The number of halogens is 1. The van der Waals surface area contributed by atoms with Crippen molar-refractivity contribution in [3.05, 3.63) is 100 Å². The molecule has 4 nitrogen and oxygen atoms in total. The fraction of sp³-hybridized carbons (Fsp3) is 0.120. The minimum atomic E-state index is -0.567. The van der Waals surface area contributed by atoms with Gasteiger partial charge in [0.2, 0.25) is 0 Å². The van der Waals surface area contributed by atoms with Gasteiger partial charge in [-0.05, 0) is 53.9 Å². The average Bonchev–Trinajstić information content (AvgIpc) is 2.93. The second-order valence-corrected chi connectivity index (χ2v) is 8.49. The Morgan fingerprint density at radius 3 is 2.35 bits per heavy atom. The van der Waals surface area contributed by atoms with Crippen LogP contribution in [0.25, 0.3) is 0 Å². The number of anilines is 2. The van der Waals surface area contributed by atoms with Crippen molar-refractivity contribution in [1.29, 1.82) is 0 Å². The summed E-state index contributed by atoms with van der Waals surface area (Å²) in [6, 6.07) is 20.5. The summed E-state index contributed by atoms with van der Waals surface area (Å²) >= 11 is 1.30. The lowest BCUT2D eigenvalue weighted by atomic mass is 9.98.